The average Bonchev–Trinajstić information content (AvgIpc) is 2.72. The average molecular weight is 265 g/mol. The van der Waals surface area contributed by atoms with E-state index in [9.17, 15) is 0 Å². The molecule has 2 rings (SSSR count). The third-order valence-electron chi connectivity index (χ3n) is 4.23. The van der Waals surface area contributed by atoms with Crippen molar-refractivity contribution in [1.29, 1.82) is 0 Å². The molecule has 1 heterocycles. The van der Waals surface area contributed by atoms with Gasteiger partial charge in [-0.25, -0.2) is 0 Å². The molecule has 0 bridgehead atoms. The van der Waals surface area contributed by atoms with Crippen LogP contribution in [0, 0.1) is 19.8 Å². The van der Waals surface area contributed by atoms with Gasteiger partial charge in [-0.15, -0.1) is 0 Å². The summed E-state index contributed by atoms with van der Waals surface area (Å²) in [7, 11) is 0. The summed E-state index contributed by atoms with van der Waals surface area (Å²) in [5.41, 5.74) is 3.53. The van der Waals surface area contributed by atoms with Crippen LogP contribution in [0.1, 0.15) is 49.6 Å². The second-order valence-corrected chi connectivity index (χ2v) is 5.76. The molecule has 0 saturated heterocycles. The molecule has 0 aliphatic heterocycles. The number of nitrogens with zero attached hydrogens (tertiary/aromatic N) is 1. The molecule has 19 heavy (non-hydrogen) atoms. The summed E-state index contributed by atoms with van der Waals surface area (Å²) in [6, 6.07) is 0. The fourth-order valence-electron chi connectivity index (χ4n) is 2.86. The molecule has 1 aromatic heterocycles. The fraction of sp³-hybridized carbons (Fsp3) is 0.800. The quantitative estimate of drug-likeness (QED) is 0.778. The molecule has 0 aromatic carbocycles. The molecule has 2 N–H and O–H groups in total. The number of nitrogens with one attached hydrogen (secondary N) is 2. The van der Waals surface area contributed by atoms with Gasteiger partial charge < -0.3 is 10.1 Å². The van der Waals surface area contributed by atoms with E-state index < -0.39 is 0 Å². The third-order valence-corrected chi connectivity index (χ3v) is 4.23. The van der Waals surface area contributed by atoms with Crippen molar-refractivity contribution >= 4 is 0 Å². The van der Waals surface area contributed by atoms with E-state index in [0.717, 1.165) is 37.0 Å². The molecule has 108 valence electrons. The summed E-state index contributed by atoms with van der Waals surface area (Å²) >= 11 is 0. The van der Waals surface area contributed by atoms with Gasteiger partial charge in [-0.2, -0.15) is 5.10 Å². The van der Waals surface area contributed by atoms with E-state index in [1.54, 1.807) is 0 Å². The Bertz CT molecular complexity index is 369. The van der Waals surface area contributed by atoms with Crippen LogP contribution in [0.5, 0.6) is 0 Å². The van der Waals surface area contributed by atoms with Gasteiger partial charge in [0, 0.05) is 24.3 Å². The molecule has 0 spiro atoms. The molecule has 1 fully saturated rings. The van der Waals surface area contributed by atoms with Crippen molar-refractivity contribution in [3.63, 3.8) is 0 Å². The monoisotopic (exact) mass is 265 g/mol. The van der Waals surface area contributed by atoms with Gasteiger partial charge in [0.25, 0.3) is 0 Å². The normalized spacial score (nSPS) is 23.7. The zero-order valence-corrected chi connectivity index (χ0v) is 12.5. The molecular formula is C15H27N3O. The summed E-state index contributed by atoms with van der Waals surface area (Å²) < 4.78 is 5.99. The van der Waals surface area contributed by atoms with Crippen LogP contribution >= 0.6 is 0 Å². The largest absolute Gasteiger partial charge is 0.377 e. The Kier molecular flexibility index (Phi) is 5.40. The highest BCUT2D eigenvalue weighted by Crippen LogP contribution is 2.25. The molecule has 1 aliphatic rings. The molecule has 4 nitrogen and oxygen atoms in total. The minimum atomic E-state index is 0.480. The minimum Gasteiger partial charge on any atom is -0.377 e. The van der Waals surface area contributed by atoms with Crippen LogP contribution in [0.25, 0.3) is 0 Å². The number of aromatic nitrogens is 2. The Labute approximate surface area is 116 Å². The maximum Gasteiger partial charge on any atom is 0.0638 e. The van der Waals surface area contributed by atoms with E-state index in [2.05, 4.69) is 29.4 Å². The Morgan fingerprint density at radius 2 is 2.11 bits per heavy atom. The van der Waals surface area contributed by atoms with Gasteiger partial charge in [-0.3, -0.25) is 5.10 Å². The van der Waals surface area contributed by atoms with E-state index >= 15 is 0 Å². The molecule has 1 saturated carbocycles. The first kappa shape index (κ1) is 14.5. The van der Waals surface area contributed by atoms with E-state index in [1.807, 2.05) is 6.92 Å². The van der Waals surface area contributed by atoms with E-state index in [1.165, 1.54) is 31.2 Å². The lowest BCUT2D eigenvalue weighted by molar-refractivity contribution is -0.00323. The Morgan fingerprint density at radius 3 is 2.79 bits per heavy atom. The molecule has 0 radical (unpaired) electrons. The van der Waals surface area contributed by atoms with E-state index in [0.29, 0.717) is 6.10 Å². The topological polar surface area (TPSA) is 49.9 Å². The highest BCUT2D eigenvalue weighted by Gasteiger charge is 2.21. The molecule has 0 unspecified atom stereocenters. The summed E-state index contributed by atoms with van der Waals surface area (Å²) in [5, 5.41) is 10.7. The smallest absolute Gasteiger partial charge is 0.0638 e. The van der Waals surface area contributed by atoms with Crippen LogP contribution in [0.2, 0.25) is 0 Å². The SMILES string of the molecule is Cc1n[nH]c(C)c1CNCCO[C@@H]1CCCC[C@@H]1C. The van der Waals surface area contributed by atoms with Crippen LogP contribution in [-0.2, 0) is 11.3 Å². The molecule has 1 aliphatic carbocycles. The van der Waals surface area contributed by atoms with Crippen molar-refractivity contribution < 1.29 is 4.74 Å². The summed E-state index contributed by atoms with van der Waals surface area (Å²) in [5.74, 6) is 0.729. The van der Waals surface area contributed by atoms with Gasteiger partial charge in [0.1, 0.15) is 0 Å². The fourth-order valence-corrected chi connectivity index (χ4v) is 2.86. The van der Waals surface area contributed by atoms with Crippen molar-refractivity contribution in [2.24, 2.45) is 5.92 Å². The number of rotatable bonds is 6. The number of ether oxygens (including phenoxy) is 1. The number of aryl methyl sites for hydroxylation is 2. The van der Waals surface area contributed by atoms with Crippen molar-refractivity contribution in [1.82, 2.24) is 15.5 Å². The molecule has 4 heteroatoms. The first-order valence-corrected chi connectivity index (χ1v) is 7.51. The standard InChI is InChI=1S/C15H27N3O/c1-11-6-4-5-7-15(11)19-9-8-16-10-14-12(2)17-18-13(14)3/h11,15-16H,4-10H2,1-3H3,(H,17,18)/t11-,15+/m0/s1. The lowest BCUT2D eigenvalue weighted by Crippen LogP contribution is -2.29. The van der Waals surface area contributed by atoms with Gasteiger partial charge in [-0.05, 0) is 32.6 Å². The number of hydrogen-bond acceptors (Lipinski definition) is 3. The van der Waals surface area contributed by atoms with E-state index in [4.69, 9.17) is 4.74 Å². The summed E-state index contributed by atoms with van der Waals surface area (Å²) in [4.78, 5) is 0. The number of aromatic amines is 1. The summed E-state index contributed by atoms with van der Waals surface area (Å²) in [6.45, 7) is 9.02. The van der Waals surface area contributed by atoms with Gasteiger partial charge in [-0.1, -0.05) is 19.8 Å². The van der Waals surface area contributed by atoms with Crippen LogP contribution in [0.3, 0.4) is 0 Å². The third kappa shape index (κ3) is 4.05. The highest BCUT2D eigenvalue weighted by molar-refractivity contribution is 5.22. The Balaban J connectivity index is 1.62. The van der Waals surface area contributed by atoms with Gasteiger partial charge >= 0.3 is 0 Å². The highest BCUT2D eigenvalue weighted by atomic mass is 16.5. The molecule has 1 aromatic rings. The second kappa shape index (κ2) is 7.06. The predicted octanol–water partition coefficient (Wildman–Crippen LogP) is 2.71. The van der Waals surface area contributed by atoms with Crippen LogP contribution in [0.4, 0.5) is 0 Å². The van der Waals surface area contributed by atoms with Crippen molar-refractivity contribution in [3.8, 4) is 0 Å². The van der Waals surface area contributed by atoms with Crippen molar-refractivity contribution in [2.45, 2.75) is 59.1 Å². The minimum absolute atomic E-state index is 0.480. The Hall–Kier alpha value is -0.870. The molecule has 2 atom stereocenters. The lowest BCUT2D eigenvalue weighted by Gasteiger charge is -2.28. The Morgan fingerprint density at radius 1 is 1.32 bits per heavy atom. The van der Waals surface area contributed by atoms with Crippen LogP contribution in [0.15, 0.2) is 0 Å². The molecular weight excluding hydrogens is 238 g/mol. The first-order chi connectivity index (χ1) is 9.18. The zero-order chi connectivity index (χ0) is 13.7. The zero-order valence-electron chi connectivity index (χ0n) is 12.5. The van der Waals surface area contributed by atoms with Crippen molar-refractivity contribution in [3.05, 3.63) is 17.0 Å². The van der Waals surface area contributed by atoms with Crippen molar-refractivity contribution in [2.75, 3.05) is 13.2 Å². The number of H-pyrrole nitrogens is 1. The lowest BCUT2D eigenvalue weighted by atomic mass is 9.88. The van der Waals surface area contributed by atoms with Crippen LogP contribution < -0.4 is 5.32 Å². The maximum atomic E-state index is 5.99. The van der Waals surface area contributed by atoms with Gasteiger partial charge in [0.05, 0.1) is 18.4 Å². The first-order valence-electron chi connectivity index (χ1n) is 7.51. The second-order valence-electron chi connectivity index (χ2n) is 5.76. The van der Waals surface area contributed by atoms with E-state index in [-0.39, 0.29) is 0 Å². The van der Waals surface area contributed by atoms with Gasteiger partial charge in [0.2, 0.25) is 0 Å². The van der Waals surface area contributed by atoms with Gasteiger partial charge in [0.15, 0.2) is 0 Å². The number of hydrogen-bond donors (Lipinski definition) is 2. The predicted molar refractivity (Wildman–Crippen MR) is 77.1 cm³/mol. The van der Waals surface area contributed by atoms with Crippen LogP contribution in [-0.4, -0.2) is 29.5 Å². The molecule has 0 amide bonds. The summed E-state index contributed by atoms with van der Waals surface area (Å²) in [6.07, 6.45) is 5.74. The maximum absolute atomic E-state index is 5.99.